The molecule has 78 valence electrons. The Hall–Kier alpha value is -1.07. The smallest absolute Gasteiger partial charge is 0.265 e. The van der Waals surface area contributed by atoms with E-state index in [9.17, 15) is 4.79 Å². The number of ether oxygens (including phenoxy) is 1. The lowest BCUT2D eigenvalue weighted by Gasteiger charge is -2.10. The number of carbonyl (C=O) groups is 1. The fourth-order valence-corrected chi connectivity index (χ4v) is 1.73. The predicted molar refractivity (Wildman–Crippen MR) is 56.9 cm³/mol. The van der Waals surface area contributed by atoms with Crippen LogP contribution in [0, 0.1) is 0 Å². The molecule has 1 rings (SSSR count). The molecule has 0 radical (unpaired) electrons. The molecule has 3 N–H and O–H groups in total. The topological polar surface area (TPSA) is 64.3 Å². The third-order valence-corrected chi connectivity index (χ3v) is 2.68. The van der Waals surface area contributed by atoms with Crippen molar-refractivity contribution in [2.75, 3.05) is 13.7 Å². The van der Waals surface area contributed by atoms with Crippen molar-refractivity contribution in [1.82, 2.24) is 5.32 Å². The lowest BCUT2D eigenvalue weighted by molar-refractivity contribution is 0.0942. The van der Waals surface area contributed by atoms with E-state index in [0.717, 1.165) is 0 Å². The minimum absolute atomic E-state index is 0.0192. The summed E-state index contributed by atoms with van der Waals surface area (Å²) >= 11 is 1.36. The largest absolute Gasteiger partial charge is 0.495 e. The van der Waals surface area contributed by atoms with E-state index in [1.807, 2.05) is 12.3 Å². The van der Waals surface area contributed by atoms with Crippen LogP contribution in [0.4, 0.5) is 0 Å². The zero-order valence-electron chi connectivity index (χ0n) is 8.24. The Labute approximate surface area is 87.1 Å². The van der Waals surface area contributed by atoms with Crippen LogP contribution in [0.15, 0.2) is 11.4 Å². The van der Waals surface area contributed by atoms with E-state index in [-0.39, 0.29) is 11.9 Å². The summed E-state index contributed by atoms with van der Waals surface area (Å²) in [5.41, 5.74) is 5.40. The van der Waals surface area contributed by atoms with E-state index in [1.165, 1.54) is 11.3 Å². The van der Waals surface area contributed by atoms with Gasteiger partial charge in [-0.1, -0.05) is 0 Å². The first-order valence-electron chi connectivity index (χ1n) is 4.31. The van der Waals surface area contributed by atoms with Gasteiger partial charge in [0, 0.05) is 12.6 Å². The van der Waals surface area contributed by atoms with Gasteiger partial charge in [0.15, 0.2) is 0 Å². The second-order valence-electron chi connectivity index (χ2n) is 2.93. The highest BCUT2D eigenvalue weighted by Gasteiger charge is 2.14. The summed E-state index contributed by atoms with van der Waals surface area (Å²) in [7, 11) is 1.55. The quantitative estimate of drug-likeness (QED) is 0.780. The zero-order valence-corrected chi connectivity index (χ0v) is 9.06. The maximum Gasteiger partial charge on any atom is 0.265 e. The molecule has 0 aliphatic rings. The molecule has 0 aliphatic heterocycles. The summed E-state index contributed by atoms with van der Waals surface area (Å²) in [5.74, 6) is 0.478. The maximum atomic E-state index is 11.6. The predicted octanol–water partition coefficient (Wildman–Crippen LogP) is 0.834. The summed E-state index contributed by atoms with van der Waals surface area (Å²) in [6, 6.07) is 1.75. The van der Waals surface area contributed by atoms with Crippen LogP contribution >= 0.6 is 11.3 Å². The summed E-state index contributed by atoms with van der Waals surface area (Å²) < 4.78 is 5.04. The van der Waals surface area contributed by atoms with E-state index < -0.39 is 0 Å². The maximum absolute atomic E-state index is 11.6. The van der Waals surface area contributed by atoms with Crippen molar-refractivity contribution < 1.29 is 9.53 Å². The first-order valence-corrected chi connectivity index (χ1v) is 5.19. The van der Waals surface area contributed by atoms with Crippen LogP contribution in [0.1, 0.15) is 16.6 Å². The molecule has 0 aromatic carbocycles. The average molecular weight is 214 g/mol. The molecule has 1 aromatic heterocycles. The Bertz CT molecular complexity index is 312. The van der Waals surface area contributed by atoms with E-state index >= 15 is 0 Å². The van der Waals surface area contributed by atoms with Gasteiger partial charge < -0.3 is 15.8 Å². The Balaban J connectivity index is 2.69. The molecule has 0 spiro atoms. The molecule has 4 nitrogen and oxygen atoms in total. The molecular weight excluding hydrogens is 200 g/mol. The SMILES string of the molecule is COc1ccsc1C(=O)N[C@H](C)CN. The average Bonchev–Trinajstić information content (AvgIpc) is 2.65. The fourth-order valence-electron chi connectivity index (χ4n) is 0.972. The van der Waals surface area contributed by atoms with Crippen molar-refractivity contribution in [3.05, 3.63) is 16.3 Å². The van der Waals surface area contributed by atoms with Gasteiger partial charge in [0.25, 0.3) is 5.91 Å². The van der Waals surface area contributed by atoms with Crippen LogP contribution in [-0.4, -0.2) is 25.6 Å². The van der Waals surface area contributed by atoms with Crippen molar-refractivity contribution in [1.29, 1.82) is 0 Å². The second kappa shape index (κ2) is 4.97. The molecule has 0 saturated carbocycles. The van der Waals surface area contributed by atoms with Gasteiger partial charge in [0.1, 0.15) is 10.6 Å². The summed E-state index contributed by atoms with van der Waals surface area (Å²) in [4.78, 5) is 12.2. The Morgan fingerprint density at radius 1 is 1.79 bits per heavy atom. The molecule has 0 aliphatic carbocycles. The number of nitrogens with two attached hydrogens (primary N) is 1. The number of thiophene rings is 1. The van der Waals surface area contributed by atoms with Gasteiger partial charge in [-0.15, -0.1) is 11.3 Å². The first kappa shape index (κ1) is 11.0. The summed E-state index contributed by atoms with van der Waals surface area (Å²) in [6.45, 7) is 2.29. The fraction of sp³-hybridized carbons (Fsp3) is 0.444. The number of carbonyl (C=O) groups excluding carboxylic acids is 1. The van der Waals surface area contributed by atoms with E-state index in [4.69, 9.17) is 10.5 Å². The van der Waals surface area contributed by atoms with Crippen molar-refractivity contribution >= 4 is 17.2 Å². The van der Waals surface area contributed by atoms with Crippen molar-refractivity contribution in [3.8, 4) is 5.75 Å². The van der Waals surface area contributed by atoms with E-state index in [0.29, 0.717) is 17.2 Å². The lowest BCUT2D eigenvalue weighted by Crippen LogP contribution is -2.37. The highest BCUT2D eigenvalue weighted by molar-refractivity contribution is 7.12. The zero-order chi connectivity index (χ0) is 10.6. The van der Waals surface area contributed by atoms with Gasteiger partial charge in [-0.05, 0) is 18.4 Å². The van der Waals surface area contributed by atoms with Gasteiger partial charge in [-0.25, -0.2) is 0 Å². The molecule has 0 bridgehead atoms. The Morgan fingerprint density at radius 3 is 3.07 bits per heavy atom. The molecule has 1 aromatic rings. The van der Waals surface area contributed by atoms with Gasteiger partial charge in [-0.2, -0.15) is 0 Å². The molecule has 14 heavy (non-hydrogen) atoms. The molecule has 1 heterocycles. The van der Waals surface area contributed by atoms with Crippen LogP contribution in [-0.2, 0) is 0 Å². The molecule has 1 atom stereocenters. The number of nitrogens with one attached hydrogen (secondary N) is 1. The summed E-state index contributed by atoms with van der Waals surface area (Å²) in [5, 5.41) is 4.59. The monoisotopic (exact) mass is 214 g/mol. The first-order chi connectivity index (χ1) is 6.69. The number of hydrogen-bond donors (Lipinski definition) is 2. The summed E-state index contributed by atoms with van der Waals surface area (Å²) in [6.07, 6.45) is 0. The standard InChI is InChI=1S/C9H14N2O2S/c1-6(5-10)11-9(12)8-7(13-2)3-4-14-8/h3-4,6H,5,10H2,1-2H3,(H,11,12)/t6-/m1/s1. The van der Waals surface area contributed by atoms with Gasteiger partial charge in [0.2, 0.25) is 0 Å². The highest BCUT2D eigenvalue weighted by atomic mass is 32.1. The van der Waals surface area contributed by atoms with Crippen molar-refractivity contribution in [2.24, 2.45) is 5.73 Å². The van der Waals surface area contributed by atoms with Gasteiger partial charge in [-0.3, -0.25) is 4.79 Å². The number of rotatable bonds is 4. The lowest BCUT2D eigenvalue weighted by atomic mass is 10.3. The molecule has 5 heteroatoms. The minimum Gasteiger partial charge on any atom is -0.495 e. The third-order valence-electron chi connectivity index (χ3n) is 1.79. The Kier molecular flexibility index (Phi) is 3.91. The Morgan fingerprint density at radius 2 is 2.50 bits per heavy atom. The molecule has 0 saturated heterocycles. The minimum atomic E-state index is -0.130. The second-order valence-corrected chi connectivity index (χ2v) is 3.84. The molecular formula is C9H14N2O2S. The van der Waals surface area contributed by atoms with Gasteiger partial charge >= 0.3 is 0 Å². The normalized spacial score (nSPS) is 12.2. The van der Waals surface area contributed by atoms with Crippen LogP contribution in [0.25, 0.3) is 0 Å². The van der Waals surface area contributed by atoms with Crippen LogP contribution < -0.4 is 15.8 Å². The van der Waals surface area contributed by atoms with Gasteiger partial charge in [0.05, 0.1) is 7.11 Å². The van der Waals surface area contributed by atoms with Crippen LogP contribution in [0.2, 0.25) is 0 Å². The number of amides is 1. The van der Waals surface area contributed by atoms with E-state index in [2.05, 4.69) is 5.32 Å². The van der Waals surface area contributed by atoms with Crippen LogP contribution in [0.3, 0.4) is 0 Å². The third kappa shape index (κ3) is 2.46. The van der Waals surface area contributed by atoms with Crippen molar-refractivity contribution in [3.63, 3.8) is 0 Å². The highest BCUT2D eigenvalue weighted by Crippen LogP contribution is 2.23. The van der Waals surface area contributed by atoms with Crippen molar-refractivity contribution in [2.45, 2.75) is 13.0 Å². The number of methoxy groups -OCH3 is 1. The molecule has 0 unspecified atom stereocenters. The van der Waals surface area contributed by atoms with Crippen LogP contribution in [0.5, 0.6) is 5.75 Å². The molecule has 0 fully saturated rings. The van der Waals surface area contributed by atoms with E-state index in [1.54, 1.807) is 13.2 Å². The number of hydrogen-bond acceptors (Lipinski definition) is 4. The molecule has 1 amide bonds.